The van der Waals surface area contributed by atoms with Crippen LogP contribution in [0.4, 0.5) is 0 Å². The van der Waals surface area contributed by atoms with Gasteiger partial charge in [0.25, 0.3) is 0 Å². The van der Waals surface area contributed by atoms with Gasteiger partial charge in [0, 0.05) is 0 Å². The van der Waals surface area contributed by atoms with Gasteiger partial charge in [0.1, 0.15) is 5.75 Å². The summed E-state index contributed by atoms with van der Waals surface area (Å²) in [6.07, 6.45) is 0. The van der Waals surface area contributed by atoms with E-state index in [1.807, 2.05) is 36.4 Å². The zero-order chi connectivity index (χ0) is 13.0. The van der Waals surface area contributed by atoms with E-state index in [2.05, 4.69) is 39.0 Å². The molecule has 0 unspecified atom stereocenters. The van der Waals surface area contributed by atoms with Gasteiger partial charge in [-0.15, -0.1) is 5.56 Å². The maximum absolute atomic E-state index is 5.73. The molecule has 2 aromatic carbocycles. The molecular weight excluding hydrogens is 324 g/mol. The molecule has 0 aromatic heterocycles. The molecule has 0 heterocycles. The van der Waals surface area contributed by atoms with Crippen LogP contribution in [0.5, 0.6) is 5.75 Å². The molecule has 3 heteroatoms. The van der Waals surface area contributed by atoms with E-state index in [0.717, 1.165) is 11.3 Å². The number of hydrogen-bond acceptors (Lipinski definition) is 1. The van der Waals surface area contributed by atoms with Crippen LogP contribution in [0.1, 0.15) is 31.9 Å². The molecule has 2 aromatic rings. The summed E-state index contributed by atoms with van der Waals surface area (Å²) in [5, 5.41) is 0. The Labute approximate surface area is 148 Å². The SMILES string of the molecule is CC(C)(C)c1ccc(OCc2[c-]cccc2)cc1.[Br-].[Mg+2]. The van der Waals surface area contributed by atoms with E-state index >= 15 is 0 Å². The van der Waals surface area contributed by atoms with Gasteiger partial charge >= 0.3 is 23.1 Å². The van der Waals surface area contributed by atoms with Crippen LogP contribution in [0, 0.1) is 6.07 Å². The monoisotopic (exact) mass is 342 g/mol. The van der Waals surface area contributed by atoms with E-state index in [0.29, 0.717) is 6.61 Å². The van der Waals surface area contributed by atoms with Crippen molar-refractivity contribution < 1.29 is 21.7 Å². The first-order valence-electron chi connectivity index (χ1n) is 6.25. The van der Waals surface area contributed by atoms with Gasteiger partial charge in [0.2, 0.25) is 0 Å². The van der Waals surface area contributed by atoms with Gasteiger partial charge in [0.05, 0.1) is 6.61 Å². The Bertz CT molecular complexity index is 489. The topological polar surface area (TPSA) is 9.23 Å². The maximum atomic E-state index is 5.73. The van der Waals surface area contributed by atoms with E-state index in [1.54, 1.807) is 0 Å². The van der Waals surface area contributed by atoms with E-state index in [4.69, 9.17) is 4.74 Å². The smallest absolute Gasteiger partial charge is 1.00 e. The van der Waals surface area contributed by atoms with Crippen molar-refractivity contribution in [3.8, 4) is 5.75 Å². The van der Waals surface area contributed by atoms with Gasteiger partial charge in [-0.2, -0.15) is 30.3 Å². The predicted molar refractivity (Wildman–Crippen MR) is 80.5 cm³/mol. The van der Waals surface area contributed by atoms with Crippen LogP contribution in [0.15, 0.2) is 48.5 Å². The zero-order valence-electron chi connectivity index (χ0n) is 12.3. The molecule has 0 saturated heterocycles. The summed E-state index contributed by atoms with van der Waals surface area (Å²) >= 11 is 0. The van der Waals surface area contributed by atoms with E-state index in [1.165, 1.54) is 5.56 Å². The number of hydrogen-bond donors (Lipinski definition) is 0. The number of rotatable bonds is 3. The van der Waals surface area contributed by atoms with Crippen molar-refractivity contribution in [3.63, 3.8) is 0 Å². The average Bonchev–Trinajstić information content (AvgIpc) is 2.37. The van der Waals surface area contributed by atoms with Crippen molar-refractivity contribution >= 4 is 23.1 Å². The van der Waals surface area contributed by atoms with Crippen molar-refractivity contribution in [1.82, 2.24) is 0 Å². The summed E-state index contributed by atoms with van der Waals surface area (Å²) in [5.41, 5.74) is 2.57. The number of benzene rings is 2. The maximum Gasteiger partial charge on any atom is 2.00 e. The second-order valence-corrected chi connectivity index (χ2v) is 5.45. The summed E-state index contributed by atoms with van der Waals surface area (Å²) in [6.45, 7) is 7.20. The molecule has 0 fully saturated rings. The first kappa shape index (κ1) is 19.5. The Morgan fingerprint density at radius 3 is 2.15 bits per heavy atom. The van der Waals surface area contributed by atoms with Crippen molar-refractivity contribution in [3.05, 3.63) is 65.7 Å². The minimum absolute atomic E-state index is 0. The van der Waals surface area contributed by atoms with Crippen LogP contribution in [-0.2, 0) is 12.0 Å². The Morgan fingerprint density at radius 1 is 1.00 bits per heavy atom. The zero-order valence-corrected chi connectivity index (χ0v) is 15.3. The minimum Gasteiger partial charge on any atom is -1.00 e. The third-order valence-electron chi connectivity index (χ3n) is 2.89. The van der Waals surface area contributed by atoms with Crippen molar-refractivity contribution in [1.29, 1.82) is 0 Å². The van der Waals surface area contributed by atoms with E-state index in [9.17, 15) is 0 Å². The molecule has 20 heavy (non-hydrogen) atoms. The molecule has 0 aliphatic rings. The van der Waals surface area contributed by atoms with Gasteiger partial charge in [-0.05, 0) is 23.1 Å². The summed E-state index contributed by atoms with van der Waals surface area (Å²) in [4.78, 5) is 0. The fraction of sp³-hybridized carbons (Fsp3) is 0.294. The van der Waals surface area contributed by atoms with Crippen LogP contribution < -0.4 is 21.7 Å². The van der Waals surface area contributed by atoms with Crippen LogP contribution >= 0.6 is 0 Å². The van der Waals surface area contributed by atoms with Crippen LogP contribution in [0.2, 0.25) is 0 Å². The summed E-state index contributed by atoms with van der Waals surface area (Å²) in [7, 11) is 0. The molecule has 0 amide bonds. The third kappa shape index (κ3) is 5.86. The minimum atomic E-state index is 0. The first-order chi connectivity index (χ1) is 8.55. The normalized spacial score (nSPS) is 10.2. The Hall–Kier alpha value is -0.514. The average molecular weight is 344 g/mol. The molecule has 1 nitrogen and oxygen atoms in total. The summed E-state index contributed by atoms with van der Waals surface area (Å²) in [5.74, 6) is 0.903. The van der Waals surface area contributed by atoms with Gasteiger partial charge in [0.15, 0.2) is 0 Å². The van der Waals surface area contributed by atoms with Crippen molar-refractivity contribution in [2.45, 2.75) is 32.8 Å². The Balaban J connectivity index is 0.00000180. The van der Waals surface area contributed by atoms with Crippen molar-refractivity contribution in [2.24, 2.45) is 0 Å². The molecule has 0 aliphatic carbocycles. The number of ether oxygens (including phenoxy) is 1. The molecule has 0 radical (unpaired) electrons. The van der Waals surface area contributed by atoms with Gasteiger partial charge in [-0.25, -0.2) is 0 Å². The second kappa shape index (κ2) is 8.70. The Morgan fingerprint density at radius 2 is 1.65 bits per heavy atom. The summed E-state index contributed by atoms with van der Waals surface area (Å²) in [6, 6.07) is 19.3. The van der Waals surface area contributed by atoms with Crippen LogP contribution in [0.25, 0.3) is 0 Å². The molecule has 0 saturated carbocycles. The predicted octanol–water partition coefficient (Wildman–Crippen LogP) is 0.986. The molecule has 0 atom stereocenters. The van der Waals surface area contributed by atoms with E-state index in [-0.39, 0.29) is 45.4 Å². The molecule has 0 bridgehead atoms. The molecule has 0 aliphatic heterocycles. The molecule has 0 spiro atoms. The molecule has 2 rings (SSSR count). The third-order valence-corrected chi connectivity index (χ3v) is 2.89. The fourth-order valence-corrected chi connectivity index (χ4v) is 1.73. The van der Waals surface area contributed by atoms with Crippen LogP contribution in [0.3, 0.4) is 0 Å². The summed E-state index contributed by atoms with van der Waals surface area (Å²) < 4.78 is 5.73. The van der Waals surface area contributed by atoms with E-state index < -0.39 is 0 Å². The van der Waals surface area contributed by atoms with Gasteiger partial charge in [-0.1, -0.05) is 32.9 Å². The second-order valence-electron chi connectivity index (χ2n) is 5.45. The quantitative estimate of drug-likeness (QED) is 0.596. The fourth-order valence-electron chi connectivity index (χ4n) is 1.73. The standard InChI is InChI=1S/C17H19O.BrH.Mg/c1-17(2,3)15-9-11-16(12-10-15)18-13-14-7-5-4-6-8-14;;/h4-7,9-12H,13H2,1-3H3;1H;/q-1;;+2/p-1. The Kier molecular flexibility index (Phi) is 8.48. The number of halogens is 1. The van der Waals surface area contributed by atoms with Crippen molar-refractivity contribution in [2.75, 3.05) is 0 Å². The van der Waals surface area contributed by atoms with Gasteiger partial charge < -0.3 is 21.7 Å². The first-order valence-corrected chi connectivity index (χ1v) is 6.25. The van der Waals surface area contributed by atoms with Gasteiger partial charge in [-0.3, -0.25) is 0 Å². The van der Waals surface area contributed by atoms with Crippen LogP contribution in [-0.4, -0.2) is 23.1 Å². The largest absolute Gasteiger partial charge is 2.00 e. The molecule has 102 valence electrons. The molecule has 0 N–H and O–H groups in total. The molecular formula is C17H19BrMgO.